The summed E-state index contributed by atoms with van der Waals surface area (Å²) >= 11 is 5.69. The zero-order chi connectivity index (χ0) is 10.8. The number of aromatic nitrogens is 3. The van der Waals surface area contributed by atoms with Crippen LogP contribution in [0.5, 0.6) is 0 Å². The zero-order valence-electron chi connectivity index (χ0n) is 7.98. The van der Waals surface area contributed by atoms with E-state index in [0.29, 0.717) is 23.0 Å². The summed E-state index contributed by atoms with van der Waals surface area (Å²) in [4.78, 5) is 15.4. The second-order valence-corrected chi connectivity index (χ2v) is 3.22. The minimum atomic E-state index is -0.418. The Labute approximate surface area is 90.6 Å². The maximum absolute atomic E-state index is 11.4. The molecule has 0 unspecified atom stereocenters. The van der Waals surface area contributed by atoms with Gasteiger partial charge in [0.2, 0.25) is 0 Å². The van der Waals surface area contributed by atoms with Crippen LogP contribution in [0.4, 0.5) is 0 Å². The van der Waals surface area contributed by atoms with Crippen LogP contribution in [0.2, 0.25) is 5.15 Å². The standard InChI is InChI=1S/C9H8ClN3O2/c1-2-15-9(14)6-4-11-8-3-7(10)12-13(8)5-6/h3-5H,2H2,1H3. The van der Waals surface area contributed by atoms with Crippen molar-refractivity contribution in [3.05, 3.63) is 29.2 Å². The summed E-state index contributed by atoms with van der Waals surface area (Å²) in [5.41, 5.74) is 0.942. The number of carbonyl (C=O) groups excluding carboxylic acids is 1. The first kappa shape index (κ1) is 9.92. The minimum absolute atomic E-state index is 0.330. The van der Waals surface area contributed by atoms with Crippen molar-refractivity contribution >= 4 is 23.2 Å². The van der Waals surface area contributed by atoms with Crippen molar-refractivity contribution in [1.29, 1.82) is 0 Å². The van der Waals surface area contributed by atoms with Crippen LogP contribution in [-0.2, 0) is 4.74 Å². The molecule has 0 spiro atoms. The van der Waals surface area contributed by atoms with Gasteiger partial charge in [0.25, 0.3) is 0 Å². The summed E-state index contributed by atoms with van der Waals surface area (Å²) in [6.07, 6.45) is 2.97. The first-order valence-corrected chi connectivity index (χ1v) is 4.76. The third-order valence-corrected chi connectivity index (χ3v) is 1.98. The number of fused-ring (bicyclic) bond motifs is 1. The molecule has 0 aliphatic rings. The van der Waals surface area contributed by atoms with Gasteiger partial charge in [-0.1, -0.05) is 11.6 Å². The highest BCUT2D eigenvalue weighted by atomic mass is 35.5. The van der Waals surface area contributed by atoms with E-state index >= 15 is 0 Å². The summed E-state index contributed by atoms with van der Waals surface area (Å²) in [7, 11) is 0. The van der Waals surface area contributed by atoms with Crippen LogP contribution in [0.1, 0.15) is 17.3 Å². The number of carbonyl (C=O) groups is 1. The molecule has 0 atom stereocenters. The fraction of sp³-hybridized carbons (Fsp3) is 0.222. The lowest BCUT2D eigenvalue weighted by Crippen LogP contribution is -2.06. The molecule has 0 bridgehead atoms. The molecule has 0 aliphatic heterocycles. The minimum Gasteiger partial charge on any atom is -0.462 e. The van der Waals surface area contributed by atoms with Crippen molar-refractivity contribution in [2.75, 3.05) is 6.61 Å². The molecule has 0 aromatic carbocycles. The Hall–Kier alpha value is -1.62. The van der Waals surface area contributed by atoms with Crippen molar-refractivity contribution in [3.8, 4) is 0 Å². The van der Waals surface area contributed by atoms with Crippen LogP contribution < -0.4 is 0 Å². The summed E-state index contributed by atoms with van der Waals surface area (Å²) < 4.78 is 6.27. The number of hydrogen-bond acceptors (Lipinski definition) is 4. The van der Waals surface area contributed by atoms with Gasteiger partial charge in [-0.25, -0.2) is 14.3 Å². The van der Waals surface area contributed by atoms with Gasteiger partial charge in [0, 0.05) is 18.5 Å². The number of rotatable bonds is 2. The maximum atomic E-state index is 11.4. The van der Waals surface area contributed by atoms with Crippen LogP contribution in [0.25, 0.3) is 5.65 Å². The van der Waals surface area contributed by atoms with E-state index in [1.165, 1.54) is 16.9 Å². The monoisotopic (exact) mass is 225 g/mol. The Morgan fingerprint density at radius 1 is 1.67 bits per heavy atom. The van der Waals surface area contributed by atoms with Gasteiger partial charge >= 0.3 is 5.97 Å². The molecule has 2 rings (SSSR count). The summed E-state index contributed by atoms with van der Waals surface area (Å²) in [6.45, 7) is 2.07. The Morgan fingerprint density at radius 3 is 3.20 bits per heavy atom. The summed E-state index contributed by atoms with van der Waals surface area (Å²) in [5, 5.41) is 4.26. The first-order valence-electron chi connectivity index (χ1n) is 4.38. The Morgan fingerprint density at radius 2 is 2.47 bits per heavy atom. The van der Waals surface area contributed by atoms with Crippen LogP contribution in [-0.4, -0.2) is 27.2 Å². The number of ether oxygens (including phenoxy) is 1. The van der Waals surface area contributed by atoms with Crippen molar-refractivity contribution in [1.82, 2.24) is 14.6 Å². The van der Waals surface area contributed by atoms with E-state index in [1.54, 1.807) is 13.0 Å². The molecule has 0 radical (unpaired) electrons. The Bertz CT molecular complexity index is 509. The average molecular weight is 226 g/mol. The number of esters is 1. The second kappa shape index (κ2) is 3.86. The normalized spacial score (nSPS) is 10.5. The molecule has 5 nitrogen and oxygen atoms in total. The molecule has 0 saturated heterocycles. The van der Waals surface area contributed by atoms with E-state index in [1.807, 2.05) is 0 Å². The zero-order valence-corrected chi connectivity index (χ0v) is 8.73. The third-order valence-electron chi connectivity index (χ3n) is 1.79. The Kier molecular flexibility index (Phi) is 2.55. The van der Waals surface area contributed by atoms with Gasteiger partial charge in [-0.2, -0.15) is 5.10 Å². The lowest BCUT2D eigenvalue weighted by atomic mass is 10.3. The van der Waals surface area contributed by atoms with Gasteiger partial charge in [0.1, 0.15) is 0 Å². The Balaban J connectivity index is 2.41. The second-order valence-electron chi connectivity index (χ2n) is 2.83. The van der Waals surface area contributed by atoms with E-state index < -0.39 is 5.97 Å². The van der Waals surface area contributed by atoms with Crippen molar-refractivity contribution in [2.24, 2.45) is 0 Å². The van der Waals surface area contributed by atoms with Gasteiger partial charge in [-0.15, -0.1) is 0 Å². The smallest absolute Gasteiger partial charge is 0.341 e. The number of nitrogens with zero attached hydrogens (tertiary/aromatic N) is 3. The predicted molar refractivity (Wildman–Crippen MR) is 54.0 cm³/mol. The topological polar surface area (TPSA) is 56.5 Å². The molecular weight excluding hydrogens is 218 g/mol. The highest BCUT2D eigenvalue weighted by molar-refractivity contribution is 6.29. The van der Waals surface area contributed by atoms with Crippen LogP contribution in [0.3, 0.4) is 0 Å². The van der Waals surface area contributed by atoms with E-state index in [9.17, 15) is 4.79 Å². The van der Waals surface area contributed by atoms with Crippen molar-refractivity contribution in [2.45, 2.75) is 6.92 Å². The lowest BCUT2D eigenvalue weighted by molar-refractivity contribution is 0.0525. The molecule has 6 heteroatoms. The number of hydrogen-bond donors (Lipinski definition) is 0. The molecule has 0 saturated carbocycles. The molecule has 0 aliphatic carbocycles. The molecule has 0 fully saturated rings. The lowest BCUT2D eigenvalue weighted by Gasteiger charge is -2.00. The third kappa shape index (κ3) is 1.92. The molecule has 2 aromatic rings. The van der Waals surface area contributed by atoms with Crippen LogP contribution in [0.15, 0.2) is 18.5 Å². The van der Waals surface area contributed by atoms with E-state index in [2.05, 4.69) is 10.1 Å². The molecule has 15 heavy (non-hydrogen) atoms. The summed E-state index contributed by atoms with van der Waals surface area (Å²) in [6, 6.07) is 1.61. The molecular formula is C9H8ClN3O2. The quantitative estimate of drug-likeness (QED) is 0.728. The van der Waals surface area contributed by atoms with Crippen LogP contribution in [0, 0.1) is 0 Å². The molecule has 2 heterocycles. The number of halogens is 1. The average Bonchev–Trinajstić information content (AvgIpc) is 2.57. The van der Waals surface area contributed by atoms with Gasteiger partial charge in [0.05, 0.1) is 12.2 Å². The predicted octanol–water partition coefficient (Wildman–Crippen LogP) is 1.56. The largest absolute Gasteiger partial charge is 0.462 e. The van der Waals surface area contributed by atoms with Crippen molar-refractivity contribution < 1.29 is 9.53 Å². The van der Waals surface area contributed by atoms with Gasteiger partial charge < -0.3 is 4.74 Å². The molecule has 78 valence electrons. The fourth-order valence-corrected chi connectivity index (χ4v) is 1.35. The first-order chi connectivity index (χ1) is 7.20. The molecule has 0 amide bonds. The van der Waals surface area contributed by atoms with Crippen molar-refractivity contribution in [3.63, 3.8) is 0 Å². The highest BCUT2D eigenvalue weighted by Crippen LogP contribution is 2.10. The van der Waals surface area contributed by atoms with Gasteiger partial charge in [0.15, 0.2) is 10.8 Å². The fourth-order valence-electron chi connectivity index (χ4n) is 1.17. The van der Waals surface area contributed by atoms with Crippen LogP contribution >= 0.6 is 11.6 Å². The molecule has 2 aromatic heterocycles. The SMILES string of the molecule is CCOC(=O)c1cnc2cc(Cl)nn2c1. The van der Waals surface area contributed by atoms with Gasteiger partial charge in [-0.05, 0) is 6.92 Å². The highest BCUT2D eigenvalue weighted by Gasteiger charge is 2.09. The molecule has 0 N–H and O–H groups in total. The van der Waals surface area contributed by atoms with Gasteiger partial charge in [-0.3, -0.25) is 0 Å². The summed E-state index contributed by atoms with van der Waals surface area (Å²) in [5.74, 6) is -0.418. The van der Waals surface area contributed by atoms with E-state index in [-0.39, 0.29) is 0 Å². The van der Waals surface area contributed by atoms with E-state index in [0.717, 1.165) is 0 Å². The van der Waals surface area contributed by atoms with E-state index in [4.69, 9.17) is 16.3 Å². The maximum Gasteiger partial charge on any atom is 0.341 e.